The number of alkyl halides is 3. The van der Waals surface area contributed by atoms with Crippen LogP contribution >= 0.6 is 0 Å². The zero-order valence-corrected chi connectivity index (χ0v) is 20.5. The lowest BCUT2D eigenvalue weighted by molar-refractivity contribution is -0.150. The molecule has 6 nitrogen and oxygen atoms in total. The van der Waals surface area contributed by atoms with E-state index in [9.17, 15) is 43.5 Å². The highest BCUT2D eigenvalue weighted by atomic mass is 32.2. The van der Waals surface area contributed by atoms with Gasteiger partial charge in [-0.2, -0.15) is 17.6 Å². The van der Waals surface area contributed by atoms with Crippen molar-refractivity contribution in [1.29, 1.82) is 0 Å². The minimum absolute atomic E-state index is 0.0394. The number of sulfonamides is 1. The van der Waals surface area contributed by atoms with Crippen LogP contribution in [0.15, 0.2) is 53.4 Å². The van der Waals surface area contributed by atoms with E-state index in [0.717, 1.165) is 41.3 Å². The van der Waals surface area contributed by atoms with Crippen LogP contribution in [-0.4, -0.2) is 50.2 Å². The fraction of sp³-hybridized carbons (Fsp3) is 0.292. The molecule has 0 saturated carbocycles. The predicted molar refractivity (Wildman–Crippen MR) is 122 cm³/mol. The fourth-order valence-corrected chi connectivity index (χ4v) is 5.24. The zero-order valence-electron chi connectivity index (χ0n) is 19.7. The molecule has 2 heterocycles. The second-order valence-corrected chi connectivity index (χ2v) is 10.4. The first-order chi connectivity index (χ1) is 18.2. The van der Waals surface area contributed by atoms with Crippen molar-refractivity contribution >= 4 is 15.8 Å². The Morgan fingerprint density at radius 3 is 2.26 bits per heavy atom. The maximum absolute atomic E-state index is 14.9. The standard InChI is InChI=1S/C24H19F8N3O3S/c25-16-5-4-13(8-17(16)26)15-11-35(12-24(30,31)32)7-6-20(15)38-23-18(27)9-14(10-19(23)28)39(36,37)34-22-3-1-2-21(29)33-22/h1-5,8-10,15,20H,6-7,11-12H2,(H,33,34)/t15-,20+/m1/s1. The van der Waals surface area contributed by atoms with Gasteiger partial charge in [0.1, 0.15) is 11.9 Å². The van der Waals surface area contributed by atoms with Crippen molar-refractivity contribution in [1.82, 2.24) is 9.88 Å². The molecular formula is C24H19F8N3O3S. The number of likely N-dealkylation sites (tertiary alicyclic amines) is 1. The molecule has 1 saturated heterocycles. The third kappa shape index (κ3) is 6.95. The van der Waals surface area contributed by atoms with Crippen molar-refractivity contribution in [2.75, 3.05) is 24.4 Å². The number of aromatic nitrogens is 1. The summed E-state index contributed by atoms with van der Waals surface area (Å²) >= 11 is 0. The summed E-state index contributed by atoms with van der Waals surface area (Å²) in [5, 5.41) is 0. The number of nitrogens with zero attached hydrogens (tertiary/aromatic N) is 2. The predicted octanol–water partition coefficient (Wildman–Crippen LogP) is 5.38. The third-order valence-corrected chi connectivity index (χ3v) is 7.25. The molecule has 0 aliphatic carbocycles. The first kappa shape index (κ1) is 28.5. The lowest BCUT2D eigenvalue weighted by Gasteiger charge is -2.39. The molecule has 0 bridgehead atoms. The van der Waals surface area contributed by atoms with Gasteiger partial charge in [0.25, 0.3) is 10.0 Å². The summed E-state index contributed by atoms with van der Waals surface area (Å²) in [4.78, 5) is 3.43. The molecule has 4 rings (SSSR count). The summed E-state index contributed by atoms with van der Waals surface area (Å²) in [6.07, 6.45) is -5.91. The topological polar surface area (TPSA) is 71.5 Å². The van der Waals surface area contributed by atoms with Gasteiger partial charge in [0.15, 0.2) is 29.0 Å². The van der Waals surface area contributed by atoms with Gasteiger partial charge in [-0.1, -0.05) is 12.1 Å². The second-order valence-electron chi connectivity index (χ2n) is 8.74. The number of piperidine rings is 1. The van der Waals surface area contributed by atoms with Gasteiger partial charge in [0.2, 0.25) is 5.95 Å². The summed E-state index contributed by atoms with van der Waals surface area (Å²) in [6, 6.07) is 6.75. The minimum atomic E-state index is -4.62. The number of benzene rings is 2. The van der Waals surface area contributed by atoms with Crippen molar-refractivity contribution < 1.29 is 48.3 Å². The number of hydrogen-bond acceptors (Lipinski definition) is 5. The van der Waals surface area contributed by atoms with Crippen molar-refractivity contribution in [3.63, 3.8) is 0 Å². The van der Waals surface area contributed by atoms with E-state index in [1.165, 1.54) is 0 Å². The van der Waals surface area contributed by atoms with Gasteiger partial charge >= 0.3 is 6.18 Å². The maximum atomic E-state index is 14.9. The van der Waals surface area contributed by atoms with E-state index in [-0.39, 0.29) is 25.1 Å². The van der Waals surface area contributed by atoms with Gasteiger partial charge in [0, 0.05) is 19.0 Å². The Balaban J connectivity index is 1.61. The van der Waals surface area contributed by atoms with Crippen LogP contribution in [0.2, 0.25) is 0 Å². The van der Waals surface area contributed by atoms with Gasteiger partial charge in [-0.3, -0.25) is 9.62 Å². The van der Waals surface area contributed by atoms with Crippen molar-refractivity contribution in [2.45, 2.75) is 29.5 Å². The van der Waals surface area contributed by atoms with Crippen LogP contribution in [0.5, 0.6) is 5.75 Å². The molecule has 1 aromatic heterocycles. The largest absolute Gasteiger partial charge is 0.484 e. The highest BCUT2D eigenvalue weighted by molar-refractivity contribution is 7.92. The van der Waals surface area contributed by atoms with E-state index in [0.29, 0.717) is 12.1 Å². The summed E-state index contributed by atoms with van der Waals surface area (Å²) in [7, 11) is -4.62. The van der Waals surface area contributed by atoms with E-state index >= 15 is 0 Å². The van der Waals surface area contributed by atoms with E-state index in [4.69, 9.17) is 4.74 Å². The number of ether oxygens (including phenoxy) is 1. The number of anilines is 1. The molecule has 1 fully saturated rings. The first-order valence-electron chi connectivity index (χ1n) is 11.3. The highest BCUT2D eigenvalue weighted by Gasteiger charge is 2.38. The van der Waals surface area contributed by atoms with E-state index in [1.807, 2.05) is 4.72 Å². The average Bonchev–Trinajstić information content (AvgIpc) is 2.82. The molecule has 1 aliphatic heterocycles. The molecular weight excluding hydrogens is 562 g/mol. The van der Waals surface area contributed by atoms with Crippen LogP contribution in [0.4, 0.5) is 40.9 Å². The number of pyridine rings is 1. The number of hydrogen-bond donors (Lipinski definition) is 1. The third-order valence-electron chi connectivity index (χ3n) is 5.91. The minimum Gasteiger partial charge on any atom is -0.484 e. The van der Waals surface area contributed by atoms with Crippen molar-refractivity contribution in [2.24, 2.45) is 0 Å². The van der Waals surface area contributed by atoms with Crippen LogP contribution < -0.4 is 9.46 Å². The van der Waals surface area contributed by atoms with E-state index in [2.05, 4.69) is 4.98 Å². The highest BCUT2D eigenvalue weighted by Crippen LogP contribution is 2.35. The van der Waals surface area contributed by atoms with Gasteiger partial charge < -0.3 is 4.74 Å². The lowest BCUT2D eigenvalue weighted by Crippen LogP contribution is -2.47. The normalized spacial score (nSPS) is 18.7. The van der Waals surface area contributed by atoms with Crippen LogP contribution in [0.25, 0.3) is 0 Å². The number of halogens is 8. The van der Waals surface area contributed by atoms with Crippen LogP contribution in [0, 0.1) is 29.2 Å². The fourth-order valence-electron chi connectivity index (χ4n) is 4.22. The SMILES string of the molecule is O=S(=O)(Nc1cccc(F)n1)c1cc(F)c(O[C@H]2CCN(CC(F)(F)F)C[C@@H]2c2ccc(F)c(F)c2)c(F)c1. The van der Waals surface area contributed by atoms with E-state index in [1.54, 1.807) is 0 Å². The Bertz CT molecular complexity index is 1450. The molecule has 0 unspecified atom stereocenters. The molecule has 2 atom stereocenters. The monoisotopic (exact) mass is 581 g/mol. The zero-order chi connectivity index (χ0) is 28.5. The molecule has 39 heavy (non-hydrogen) atoms. The van der Waals surface area contributed by atoms with Crippen LogP contribution in [0.3, 0.4) is 0 Å². The Morgan fingerprint density at radius 2 is 1.64 bits per heavy atom. The molecule has 2 aromatic carbocycles. The van der Waals surface area contributed by atoms with Crippen LogP contribution in [0.1, 0.15) is 17.9 Å². The van der Waals surface area contributed by atoms with Crippen molar-refractivity contribution in [3.8, 4) is 5.75 Å². The van der Waals surface area contributed by atoms with Gasteiger partial charge in [-0.15, -0.1) is 0 Å². The smallest absolute Gasteiger partial charge is 0.401 e. The molecule has 1 aliphatic rings. The second kappa shape index (κ2) is 11.0. The number of nitrogens with one attached hydrogen (secondary N) is 1. The Morgan fingerprint density at radius 1 is 0.949 bits per heavy atom. The summed E-state index contributed by atoms with van der Waals surface area (Å²) in [6.45, 7) is -1.84. The van der Waals surface area contributed by atoms with E-state index < -0.39 is 80.4 Å². The summed E-state index contributed by atoms with van der Waals surface area (Å²) in [5.41, 5.74) is 0.0394. The van der Waals surface area contributed by atoms with Gasteiger partial charge in [0.05, 0.1) is 11.4 Å². The molecule has 0 amide bonds. The summed E-state index contributed by atoms with van der Waals surface area (Å²) < 4.78 is 142. The van der Waals surface area contributed by atoms with Crippen LogP contribution in [-0.2, 0) is 10.0 Å². The summed E-state index contributed by atoms with van der Waals surface area (Å²) in [5.74, 6) is -8.90. The van der Waals surface area contributed by atoms with Crippen molar-refractivity contribution in [3.05, 3.63) is 83.3 Å². The molecule has 210 valence electrons. The first-order valence-corrected chi connectivity index (χ1v) is 12.8. The molecule has 0 spiro atoms. The average molecular weight is 581 g/mol. The van der Waals surface area contributed by atoms with Gasteiger partial charge in [-0.05, 0) is 48.4 Å². The Hall–Kier alpha value is -3.46. The molecule has 3 aromatic rings. The molecule has 1 N–H and O–H groups in total. The molecule has 15 heteroatoms. The molecule has 0 radical (unpaired) electrons. The Kier molecular flexibility index (Phi) is 8.02. The maximum Gasteiger partial charge on any atom is 0.401 e. The quantitative estimate of drug-likeness (QED) is 0.300. The lowest BCUT2D eigenvalue weighted by atomic mass is 9.87. The Labute approximate surface area is 217 Å². The van der Waals surface area contributed by atoms with Gasteiger partial charge in [-0.25, -0.2) is 31.0 Å². The number of rotatable bonds is 7.